The summed E-state index contributed by atoms with van der Waals surface area (Å²) in [5.41, 5.74) is 0. The molecule has 0 spiro atoms. The Labute approximate surface area is 270 Å². The van der Waals surface area contributed by atoms with Crippen LogP contribution in [0.4, 0.5) is 0 Å². The number of carbonyl (C=O) groups excluding carboxylic acids is 6. The number of nitrogens with one attached hydrogen (secondary N) is 5. The summed E-state index contributed by atoms with van der Waals surface area (Å²) in [5, 5.41) is 24.6. The highest BCUT2D eigenvalue weighted by atomic mass is 16.3. The number of aliphatic hydroxyl groups is 1. The van der Waals surface area contributed by atoms with E-state index in [4.69, 9.17) is 0 Å². The van der Waals surface area contributed by atoms with Crippen LogP contribution in [-0.4, -0.2) is 76.7 Å². The molecule has 0 rings (SSSR count). The van der Waals surface area contributed by atoms with Gasteiger partial charge in [0, 0.05) is 6.42 Å². The lowest BCUT2D eigenvalue weighted by Gasteiger charge is -2.31. The van der Waals surface area contributed by atoms with Gasteiger partial charge in [0.15, 0.2) is 5.78 Å². The molecule has 12 nitrogen and oxygen atoms in total. The zero-order chi connectivity index (χ0) is 35.2. The first kappa shape index (κ1) is 42.0. The summed E-state index contributed by atoms with van der Waals surface area (Å²) < 4.78 is 0. The van der Waals surface area contributed by atoms with Gasteiger partial charge in [-0.25, -0.2) is 0 Å². The number of rotatable bonds is 20. The van der Waals surface area contributed by atoms with Crippen molar-refractivity contribution in [2.75, 3.05) is 0 Å². The molecule has 0 unspecified atom stereocenters. The van der Waals surface area contributed by atoms with Gasteiger partial charge in [-0.3, -0.25) is 28.8 Å². The molecule has 0 heterocycles. The normalized spacial score (nSPS) is 15.7. The molecule has 0 saturated carbocycles. The van der Waals surface area contributed by atoms with Crippen LogP contribution in [0.3, 0.4) is 0 Å². The topological polar surface area (TPSA) is 183 Å². The quantitative estimate of drug-likeness (QED) is 0.118. The third kappa shape index (κ3) is 16.7. The number of aliphatic hydroxyl groups excluding tert-OH is 1. The zero-order valence-electron chi connectivity index (χ0n) is 29.6. The largest absolute Gasteiger partial charge is 0.390 e. The molecule has 0 aliphatic rings. The molecule has 260 valence electrons. The summed E-state index contributed by atoms with van der Waals surface area (Å²) in [6.45, 7) is 21.6. The van der Waals surface area contributed by atoms with Gasteiger partial charge in [-0.15, -0.1) is 0 Å². The van der Waals surface area contributed by atoms with Crippen LogP contribution in [0.1, 0.15) is 109 Å². The number of amides is 5. The third-order valence-corrected chi connectivity index (χ3v) is 7.30. The Kier molecular flexibility index (Phi) is 18.8. The van der Waals surface area contributed by atoms with Crippen molar-refractivity contribution in [2.45, 2.75) is 145 Å². The monoisotopic (exact) mass is 639 g/mol. The van der Waals surface area contributed by atoms with Crippen molar-refractivity contribution < 1.29 is 33.9 Å². The van der Waals surface area contributed by atoms with E-state index in [-0.39, 0.29) is 54.1 Å². The highest BCUT2D eigenvalue weighted by Gasteiger charge is 2.33. The molecule has 0 fully saturated rings. The van der Waals surface area contributed by atoms with E-state index in [1.807, 2.05) is 55.4 Å². The average Bonchev–Trinajstić information content (AvgIpc) is 2.87. The predicted octanol–water partition coefficient (Wildman–Crippen LogP) is 2.22. The van der Waals surface area contributed by atoms with Crippen LogP contribution in [0.25, 0.3) is 0 Å². The molecule has 6 N–H and O–H groups in total. The molecule has 0 aromatic rings. The summed E-state index contributed by atoms with van der Waals surface area (Å²) in [5.74, 6) is -2.72. The molecule has 6 atom stereocenters. The molecular weight excluding hydrogens is 578 g/mol. The van der Waals surface area contributed by atoms with Gasteiger partial charge in [-0.05, 0) is 56.3 Å². The van der Waals surface area contributed by atoms with Crippen molar-refractivity contribution in [3.8, 4) is 0 Å². The van der Waals surface area contributed by atoms with Gasteiger partial charge in [0.25, 0.3) is 0 Å². The van der Waals surface area contributed by atoms with E-state index in [2.05, 4.69) is 26.6 Å². The zero-order valence-corrected chi connectivity index (χ0v) is 29.6. The van der Waals surface area contributed by atoms with Gasteiger partial charge in [-0.1, -0.05) is 69.2 Å². The van der Waals surface area contributed by atoms with Crippen LogP contribution in [0.5, 0.6) is 0 Å². The van der Waals surface area contributed by atoms with Crippen molar-refractivity contribution in [1.82, 2.24) is 26.6 Å². The fourth-order valence-electron chi connectivity index (χ4n) is 4.80. The lowest BCUT2D eigenvalue weighted by atomic mass is 9.95. The standard InChI is InChI=1S/C33H61N5O7/c1-17(2)13-24(23(12)39)35-31(43)22(11)34-28(42)16-26(40)25(14-18(3)4)36-32(44)30(21(9)10)38-33(45)29(20(7)8)37-27(41)15-19(5)6/h17-22,24-26,29-30,40H,13-16H2,1-12H3,(H,34,42)(H,35,43)(H,36,44)(H,37,41)(H,38,45)/t22-,24-,25-,26+,29+,30+/m0/s1. The molecule has 0 aromatic carbocycles. The third-order valence-electron chi connectivity index (χ3n) is 7.30. The van der Waals surface area contributed by atoms with E-state index in [1.54, 1.807) is 13.8 Å². The Morgan fingerprint density at radius 2 is 1.00 bits per heavy atom. The molecule has 45 heavy (non-hydrogen) atoms. The molecule has 0 aliphatic carbocycles. The second kappa shape index (κ2) is 20.2. The molecule has 5 amide bonds. The average molecular weight is 640 g/mol. The summed E-state index contributed by atoms with van der Waals surface area (Å²) in [4.78, 5) is 76.5. The Balaban J connectivity index is 5.55. The highest BCUT2D eigenvalue weighted by Crippen LogP contribution is 2.14. The van der Waals surface area contributed by atoms with E-state index >= 15 is 0 Å². The van der Waals surface area contributed by atoms with Gasteiger partial charge >= 0.3 is 0 Å². The number of hydrogen-bond acceptors (Lipinski definition) is 7. The van der Waals surface area contributed by atoms with Crippen LogP contribution < -0.4 is 26.6 Å². The fraction of sp³-hybridized carbons (Fsp3) is 0.818. The van der Waals surface area contributed by atoms with E-state index < -0.39 is 59.9 Å². The predicted molar refractivity (Wildman–Crippen MR) is 175 cm³/mol. The summed E-state index contributed by atoms with van der Waals surface area (Å²) in [7, 11) is 0. The Morgan fingerprint density at radius 1 is 0.533 bits per heavy atom. The van der Waals surface area contributed by atoms with Crippen LogP contribution in [0.2, 0.25) is 0 Å². The minimum Gasteiger partial charge on any atom is -0.390 e. The minimum atomic E-state index is -1.28. The van der Waals surface area contributed by atoms with Crippen molar-refractivity contribution in [3.05, 3.63) is 0 Å². The molecule has 0 radical (unpaired) electrons. The molecule has 0 saturated heterocycles. The highest BCUT2D eigenvalue weighted by molar-refractivity contribution is 5.93. The molecular formula is C33H61N5O7. The second-order valence-electron chi connectivity index (χ2n) is 14.2. The lowest BCUT2D eigenvalue weighted by Crippen LogP contribution is -2.59. The van der Waals surface area contributed by atoms with Crippen molar-refractivity contribution in [3.63, 3.8) is 0 Å². The molecule has 0 bridgehead atoms. The van der Waals surface area contributed by atoms with E-state index in [0.29, 0.717) is 12.8 Å². The maximum Gasteiger partial charge on any atom is 0.243 e. The van der Waals surface area contributed by atoms with Crippen LogP contribution in [0.15, 0.2) is 0 Å². The Bertz CT molecular complexity index is 996. The molecule has 0 aromatic heterocycles. The maximum atomic E-state index is 13.5. The van der Waals surface area contributed by atoms with Crippen LogP contribution in [-0.2, 0) is 28.8 Å². The van der Waals surface area contributed by atoms with Gasteiger partial charge in [0.1, 0.15) is 18.1 Å². The van der Waals surface area contributed by atoms with E-state index in [9.17, 15) is 33.9 Å². The minimum absolute atomic E-state index is 0.0516. The fourth-order valence-corrected chi connectivity index (χ4v) is 4.80. The summed E-state index contributed by atoms with van der Waals surface area (Å²) in [6, 6.07) is -4.21. The second-order valence-corrected chi connectivity index (χ2v) is 14.2. The van der Waals surface area contributed by atoms with Crippen LogP contribution in [0, 0.1) is 29.6 Å². The molecule has 0 aliphatic heterocycles. The SMILES string of the molecule is CC(=O)[C@H](CC(C)C)NC(=O)[C@H](C)NC(=O)C[C@@H](O)[C@H](CC(C)C)NC(=O)[C@H](NC(=O)[C@H](NC(=O)CC(C)C)C(C)C)C(C)C. The lowest BCUT2D eigenvalue weighted by molar-refractivity contribution is -0.134. The van der Waals surface area contributed by atoms with Gasteiger partial charge < -0.3 is 31.7 Å². The first-order chi connectivity index (χ1) is 20.7. The molecule has 12 heteroatoms. The Hall–Kier alpha value is -3.02. The summed E-state index contributed by atoms with van der Waals surface area (Å²) in [6.07, 6.45) is -0.565. The number of hydrogen-bond donors (Lipinski definition) is 6. The van der Waals surface area contributed by atoms with Crippen molar-refractivity contribution in [2.24, 2.45) is 29.6 Å². The van der Waals surface area contributed by atoms with Gasteiger partial charge in [0.05, 0.1) is 24.6 Å². The van der Waals surface area contributed by atoms with E-state index in [0.717, 1.165) is 0 Å². The van der Waals surface area contributed by atoms with E-state index in [1.165, 1.54) is 13.8 Å². The first-order valence-electron chi connectivity index (χ1n) is 16.3. The number of carbonyl (C=O) groups is 6. The Morgan fingerprint density at radius 3 is 1.44 bits per heavy atom. The van der Waals surface area contributed by atoms with Gasteiger partial charge in [-0.2, -0.15) is 0 Å². The van der Waals surface area contributed by atoms with Crippen molar-refractivity contribution >= 4 is 35.3 Å². The first-order valence-corrected chi connectivity index (χ1v) is 16.3. The van der Waals surface area contributed by atoms with Crippen molar-refractivity contribution in [1.29, 1.82) is 0 Å². The van der Waals surface area contributed by atoms with Gasteiger partial charge in [0.2, 0.25) is 29.5 Å². The maximum absolute atomic E-state index is 13.5. The van der Waals surface area contributed by atoms with Crippen LogP contribution >= 0.6 is 0 Å². The number of ketones is 1. The smallest absolute Gasteiger partial charge is 0.243 e. The number of Topliss-reactive ketones (excluding diaryl/α,β-unsaturated/α-hetero) is 1. The summed E-state index contributed by atoms with van der Waals surface area (Å²) >= 11 is 0.